The number of amides is 2. The summed E-state index contributed by atoms with van der Waals surface area (Å²) in [6.07, 6.45) is 8.54. The quantitative estimate of drug-likeness (QED) is 0.677. The number of nitrogen functional groups attached to an aromatic ring is 1. The summed E-state index contributed by atoms with van der Waals surface area (Å²) in [5.41, 5.74) is 6.13. The van der Waals surface area contributed by atoms with Gasteiger partial charge in [0, 0.05) is 32.3 Å². The van der Waals surface area contributed by atoms with Gasteiger partial charge >= 0.3 is 6.01 Å². The van der Waals surface area contributed by atoms with Crippen LogP contribution in [0.3, 0.4) is 0 Å². The summed E-state index contributed by atoms with van der Waals surface area (Å²) in [7, 11) is 0. The molecule has 8 heteroatoms. The molecule has 142 valence electrons. The van der Waals surface area contributed by atoms with Gasteiger partial charge in [0.25, 0.3) is 5.91 Å². The van der Waals surface area contributed by atoms with Crippen LogP contribution in [0.25, 0.3) is 0 Å². The Labute approximate surface area is 153 Å². The number of hydrogen-bond acceptors (Lipinski definition) is 6. The van der Waals surface area contributed by atoms with E-state index in [2.05, 4.69) is 15.3 Å². The van der Waals surface area contributed by atoms with Crippen molar-refractivity contribution in [2.45, 2.75) is 44.9 Å². The normalized spacial score (nSPS) is 17.7. The Morgan fingerprint density at radius 1 is 1.35 bits per heavy atom. The van der Waals surface area contributed by atoms with Crippen LogP contribution in [0.2, 0.25) is 0 Å². The first-order valence-corrected chi connectivity index (χ1v) is 9.45. The van der Waals surface area contributed by atoms with Gasteiger partial charge in [-0.15, -0.1) is 0 Å². The lowest BCUT2D eigenvalue weighted by Gasteiger charge is -2.15. The molecule has 26 heavy (non-hydrogen) atoms. The van der Waals surface area contributed by atoms with Crippen molar-refractivity contribution in [1.82, 2.24) is 20.2 Å². The predicted molar refractivity (Wildman–Crippen MR) is 96.7 cm³/mol. The molecule has 3 N–H and O–H groups in total. The van der Waals surface area contributed by atoms with E-state index in [4.69, 9.17) is 10.5 Å². The van der Waals surface area contributed by atoms with Gasteiger partial charge in [-0.3, -0.25) is 9.59 Å². The van der Waals surface area contributed by atoms with Crippen molar-refractivity contribution in [1.29, 1.82) is 0 Å². The zero-order chi connectivity index (χ0) is 18.4. The predicted octanol–water partition coefficient (Wildman–Crippen LogP) is 1.37. The van der Waals surface area contributed by atoms with E-state index in [9.17, 15) is 9.59 Å². The molecule has 2 aliphatic rings. The van der Waals surface area contributed by atoms with Crippen molar-refractivity contribution in [2.75, 3.05) is 32.0 Å². The second-order valence-corrected chi connectivity index (χ2v) is 7.01. The van der Waals surface area contributed by atoms with E-state index in [1.807, 2.05) is 4.90 Å². The molecule has 0 radical (unpaired) electrons. The van der Waals surface area contributed by atoms with E-state index in [1.165, 1.54) is 31.9 Å². The maximum atomic E-state index is 12.2. The number of nitrogens with one attached hydrogen (secondary N) is 1. The van der Waals surface area contributed by atoms with Crippen LogP contribution in [0.15, 0.2) is 6.20 Å². The fourth-order valence-electron chi connectivity index (χ4n) is 3.50. The Hall–Kier alpha value is -2.38. The van der Waals surface area contributed by atoms with Crippen LogP contribution in [0.1, 0.15) is 55.3 Å². The first kappa shape index (κ1) is 18.4. The second kappa shape index (κ2) is 8.82. The molecule has 1 aliphatic heterocycles. The number of carbonyl (C=O) groups is 2. The van der Waals surface area contributed by atoms with E-state index < -0.39 is 0 Å². The number of ether oxygens (including phenoxy) is 1. The van der Waals surface area contributed by atoms with Crippen LogP contribution >= 0.6 is 0 Å². The maximum Gasteiger partial charge on any atom is 0.318 e. The molecular weight excluding hydrogens is 334 g/mol. The Bertz CT molecular complexity index is 646. The number of nitrogens with zero attached hydrogens (tertiary/aromatic N) is 3. The molecule has 0 atom stereocenters. The van der Waals surface area contributed by atoms with E-state index >= 15 is 0 Å². The summed E-state index contributed by atoms with van der Waals surface area (Å²) < 4.78 is 5.60. The molecule has 0 aromatic carbocycles. The SMILES string of the molecule is Nc1nc(OCC2CCCC2)ncc1C(=O)NCCCN1CCCC1=O. The number of likely N-dealkylation sites (tertiary alicyclic amines) is 1. The molecule has 1 aromatic rings. The molecule has 1 saturated heterocycles. The van der Waals surface area contributed by atoms with E-state index in [1.54, 1.807) is 0 Å². The monoisotopic (exact) mass is 361 g/mol. The molecule has 1 saturated carbocycles. The third-order valence-electron chi connectivity index (χ3n) is 5.03. The average Bonchev–Trinajstić information content (AvgIpc) is 3.28. The highest BCUT2D eigenvalue weighted by atomic mass is 16.5. The third-order valence-corrected chi connectivity index (χ3v) is 5.03. The largest absolute Gasteiger partial charge is 0.463 e. The maximum absolute atomic E-state index is 12.2. The zero-order valence-corrected chi connectivity index (χ0v) is 15.1. The number of hydrogen-bond donors (Lipinski definition) is 2. The van der Waals surface area contributed by atoms with Crippen LogP contribution in [0.4, 0.5) is 5.82 Å². The summed E-state index contributed by atoms with van der Waals surface area (Å²) in [6.45, 7) is 2.55. The molecule has 2 heterocycles. The van der Waals surface area contributed by atoms with Crippen LogP contribution < -0.4 is 15.8 Å². The summed E-state index contributed by atoms with van der Waals surface area (Å²) in [5, 5.41) is 2.80. The highest BCUT2D eigenvalue weighted by Gasteiger charge is 2.20. The molecule has 2 fully saturated rings. The lowest BCUT2D eigenvalue weighted by molar-refractivity contribution is -0.127. The Morgan fingerprint density at radius 2 is 2.15 bits per heavy atom. The summed E-state index contributed by atoms with van der Waals surface area (Å²) in [6, 6.07) is 0.221. The van der Waals surface area contributed by atoms with Gasteiger partial charge < -0.3 is 20.7 Å². The molecule has 3 rings (SSSR count). The minimum atomic E-state index is -0.308. The van der Waals surface area contributed by atoms with Crippen molar-refractivity contribution < 1.29 is 14.3 Å². The molecule has 0 bridgehead atoms. The van der Waals surface area contributed by atoms with Crippen molar-refractivity contribution in [2.24, 2.45) is 5.92 Å². The van der Waals surface area contributed by atoms with Gasteiger partial charge in [-0.05, 0) is 31.6 Å². The third kappa shape index (κ3) is 4.83. The first-order chi connectivity index (χ1) is 12.6. The summed E-state index contributed by atoms with van der Waals surface area (Å²) in [5.74, 6) is 0.568. The molecular formula is C18H27N5O3. The van der Waals surface area contributed by atoms with Crippen molar-refractivity contribution in [3.05, 3.63) is 11.8 Å². The second-order valence-electron chi connectivity index (χ2n) is 7.01. The van der Waals surface area contributed by atoms with Crippen LogP contribution in [0, 0.1) is 5.92 Å². The fourth-order valence-corrected chi connectivity index (χ4v) is 3.50. The van der Waals surface area contributed by atoms with Crippen LogP contribution in [-0.2, 0) is 4.79 Å². The smallest absolute Gasteiger partial charge is 0.318 e. The average molecular weight is 361 g/mol. The highest BCUT2D eigenvalue weighted by molar-refractivity contribution is 5.97. The van der Waals surface area contributed by atoms with Gasteiger partial charge in [0.2, 0.25) is 5.91 Å². The number of anilines is 1. The van der Waals surface area contributed by atoms with E-state index in [0.29, 0.717) is 38.5 Å². The zero-order valence-electron chi connectivity index (χ0n) is 15.1. The minimum absolute atomic E-state index is 0.119. The Kier molecular flexibility index (Phi) is 6.25. The van der Waals surface area contributed by atoms with Gasteiger partial charge in [-0.25, -0.2) is 4.98 Å². The molecule has 1 aliphatic carbocycles. The standard InChI is InChI=1S/C18H27N5O3/c19-16-14(11-21-18(22-16)26-12-13-5-1-2-6-13)17(25)20-8-4-10-23-9-3-7-15(23)24/h11,13H,1-10,12H2,(H,20,25)(H2,19,21,22). The molecule has 8 nitrogen and oxygen atoms in total. The minimum Gasteiger partial charge on any atom is -0.463 e. The topological polar surface area (TPSA) is 110 Å². The number of rotatable bonds is 8. The lowest BCUT2D eigenvalue weighted by Crippen LogP contribution is -2.31. The fraction of sp³-hybridized carbons (Fsp3) is 0.667. The molecule has 0 unspecified atom stereocenters. The van der Waals surface area contributed by atoms with Gasteiger partial charge in [0.15, 0.2) is 0 Å². The Morgan fingerprint density at radius 3 is 2.85 bits per heavy atom. The summed E-state index contributed by atoms with van der Waals surface area (Å²) >= 11 is 0. The molecule has 2 amide bonds. The van der Waals surface area contributed by atoms with Crippen molar-refractivity contribution in [3.8, 4) is 6.01 Å². The molecule has 1 aromatic heterocycles. The van der Waals surface area contributed by atoms with E-state index in [0.717, 1.165) is 13.0 Å². The number of carbonyl (C=O) groups excluding carboxylic acids is 2. The van der Waals surface area contributed by atoms with Crippen LogP contribution in [0.5, 0.6) is 6.01 Å². The number of nitrogens with two attached hydrogens (primary N) is 1. The van der Waals surface area contributed by atoms with Gasteiger partial charge in [0.05, 0.1) is 6.61 Å². The van der Waals surface area contributed by atoms with Gasteiger partial charge in [0.1, 0.15) is 11.4 Å². The Balaban J connectivity index is 1.42. The first-order valence-electron chi connectivity index (χ1n) is 9.45. The van der Waals surface area contributed by atoms with Crippen molar-refractivity contribution >= 4 is 17.6 Å². The lowest BCUT2D eigenvalue weighted by atomic mass is 10.1. The van der Waals surface area contributed by atoms with Crippen molar-refractivity contribution in [3.63, 3.8) is 0 Å². The highest BCUT2D eigenvalue weighted by Crippen LogP contribution is 2.25. The summed E-state index contributed by atoms with van der Waals surface area (Å²) in [4.78, 5) is 33.8. The van der Waals surface area contributed by atoms with Gasteiger partial charge in [-0.2, -0.15) is 4.98 Å². The van der Waals surface area contributed by atoms with Crippen LogP contribution in [-0.4, -0.2) is 52.9 Å². The molecule has 0 spiro atoms. The number of aromatic nitrogens is 2. The van der Waals surface area contributed by atoms with Gasteiger partial charge in [-0.1, -0.05) is 12.8 Å². The van der Waals surface area contributed by atoms with E-state index in [-0.39, 0.29) is 29.2 Å².